The van der Waals surface area contributed by atoms with E-state index >= 15 is 0 Å². The van der Waals surface area contributed by atoms with Crippen molar-refractivity contribution in [3.63, 3.8) is 0 Å². The van der Waals surface area contributed by atoms with Gasteiger partial charge in [-0.1, -0.05) is 18.7 Å². The number of anilines is 2. The normalized spacial score (nSPS) is 12.3. The largest absolute Gasteiger partial charge is 0.383 e. The molecule has 0 saturated carbocycles. The van der Waals surface area contributed by atoms with Gasteiger partial charge in [0.2, 0.25) is 5.91 Å². The third kappa shape index (κ3) is 3.28. The zero-order valence-corrected chi connectivity index (χ0v) is 9.12. The highest BCUT2D eigenvalue weighted by molar-refractivity contribution is 8.00. The van der Waals surface area contributed by atoms with Gasteiger partial charge in [0, 0.05) is 6.07 Å². The molecule has 0 spiro atoms. The Kier molecular flexibility index (Phi) is 3.73. The highest BCUT2D eigenvalue weighted by Crippen LogP contribution is 2.23. The van der Waals surface area contributed by atoms with E-state index in [9.17, 15) is 4.79 Å². The van der Waals surface area contributed by atoms with E-state index in [1.165, 1.54) is 17.8 Å². The fourth-order valence-electron chi connectivity index (χ4n) is 0.984. The molecule has 0 saturated heterocycles. The van der Waals surface area contributed by atoms with Crippen LogP contribution < -0.4 is 17.2 Å². The summed E-state index contributed by atoms with van der Waals surface area (Å²) >= 11 is 1.17. The third-order valence-electron chi connectivity index (χ3n) is 1.68. The van der Waals surface area contributed by atoms with Crippen LogP contribution in [0.1, 0.15) is 13.3 Å². The van der Waals surface area contributed by atoms with Gasteiger partial charge in [-0.15, -0.1) is 0 Å². The summed E-state index contributed by atoms with van der Waals surface area (Å²) in [6, 6.07) is 1.45. The number of rotatable bonds is 4. The molecule has 0 aliphatic carbocycles. The molecular formula is C8H13N5OS. The SMILES string of the molecule is CCC(Sc1nc(N)cc(N)n1)C(N)=O. The number of nitrogens with two attached hydrogens (primary N) is 3. The van der Waals surface area contributed by atoms with Crippen molar-refractivity contribution in [2.75, 3.05) is 11.5 Å². The lowest BCUT2D eigenvalue weighted by molar-refractivity contribution is -0.117. The fourth-order valence-corrected chi connectivity index (χ4v) is 1.84. The summed E-state index contributed by atoms with van der Waals surface area (Å²) in [6.07, 6.45) is 0.609. The highest BCUT2D eigenvalue weighted by atomic mass is 32.2. The summed E-state index contributed by atoms with van der Waals surface area (Å²) in [5, 5.41) is 0.0179. The second-order valence-corrected chi connectivity index (χ2v) is 4.09. The molecule has 1 rings (SSSR count). The van der Waals surface area contributed by atoms with Gasteiger partial charge in [-0.05, 0) is 6.42 Å². The predicted octanol–water partition coefficient (Wildman–Crippen LogP) is -0.00300. The molecule has 1 unspecified atom stereocenters. The number of primary amides is 1. The van der Waals surface area contributed by atoms with E-state index in [1.54, 1.807) is 0 Å². The van der Waals surface area contributed by atoms with Crippen LogP contribution in [0.25, 0.3) is 0 Å². The zero-order valence-electron chi connectivity index (χ0n) is 8.30. The van der Waals surface area contributed by atoms with Crippen LogP contribution in [-0.2, 0) is 4.79 Å². The highest BCUT2D eigenvalue weighted by Gasteiger charge is 2.16. The second kappa shape index (κ2) is 4.83. The molecule has 1 heterocycles. The monoisotopic (exact) mass is 227 g/mol. The molecule has 7 heteroatoms. The quantitative estimate of drug-likeness (QED) is 0.491. The molecular weight excluding hydrogens is 214 g/mol. The van der Waals surface area contributed by atoms with Crippen LogP contribution in [0.5, 0.6) is 0 Å². The minimum Gasteiger partial charge on any atom is -0.383 e. The number of thioether (sulfide) groups is 1. The third-order valence-corrected chi connectivity index (χ3v) is 2.92. The Labute approximate surface area is 91.6 Å². The summed E-state index contributed by atoms with van der Waals surface area (Å²) in [4.78, 5) is 18.9. The first-order valence-corrected chi connectivity index (χ1v) is 5.27. The predicted molar refractivity (Wildman–Crippen MR) is 60.0 cm³/mol. The number of hydrogen-bond acceptors (Lipinski definition) is 6. The summed E-state index contributed by atoms with van der Waals surface area (Å²) in [5.74, 6) is 0.167. The average molecular weight is 227 g/mol. The molecule has 0 aliphatic rings. The Hall–Kier alpha value is -1.50. The lowest BCUT2D eigenvalue weighted by Crippen LogP contribution is -2.25. The van der Waals surface area contributed by atoms with Crippen LogP contribution in [0.3, 0.4) is 0 Å². The van der Waals surface area contributed by atoms with Gasteiger partial charge in [-0.2, -0.15) is 0 Å². The Balaban J connectivity index is 2.83. The molecule has 0 fully saturated rings. The van der Waals surface area contributed by atoms with Gasteiger partial charge in [0.1, 0.15) is 11.6 Å². The number of carbonyl (C=O) groups is 1. The van der Waals surface area contributed by atoms with E-state index in [0.717, 1.165) is 0 Å². The van der Waals surface area contributed by atoms with Gasteiger partial charge in [-0.3, -0.25) is 4.79 Å². The van der Waals surface area contributed by atoms with Gasteiger partial charge >= 0.3 is 0 Å². The molecule has 0 bridgehead atoms. The number of nitrogen functional groups attached to an aromatic ring is 2. The minimum absolute atomic E-state index is 0.282. The summed E-state index contributed by atoms with van der Waals surface area (Å²) in [5.41, 5.74) is 16.2. The first-order chi connectivity index (χ1) is 7.02. The minimum atomic E-state index is -0.396. The Morgan fingerprint density at radius 2 is 2.00 bits per heavy atom. The Morgan fingerprint density at radius 3 is 2.40 bits per heavy atom. The molecule has 1 aromatic rings. The van der Waals surface area contributed by atoms with Gasteiger partial charge in [0.05, 0.1) is 5.25 Å². The molecule has 0 aromatic carbocycles. The number of nitrogens with zero attached hydrogens (tertiary/aromatic N) is 2. The van der Waals surface area contributed by atoms with Gasteiger partial charge in [0.25, 0.3) is 0 Å². The van der Waals surface area contributed by atoms with Crippen LogP contribution in [0.2, 0.25) is 0 Å². The van der Waals surface area contributed by atoms with Crippen molar-refractivity contribution in [1.29, 1.82) is 0 Å². The molecule has 1 amide bonds. The maximum Gasteiger partial charge on any atom is 0.231 e. The van der Waals surface area contributed by atoms with Crippen LogP contribution >= 0.6 is 11.8 Å². The maximum atomic E-state index is 11.0. The van der Waals surface area contributed by atoms with Crippen molar-refractivity contribution in [1.82, 2.24) is 9.97 Å². The van der Waals surface area contributed by atoms with Crippen LogP contribution in [-0.4, -0.2) is 21.1 Å². The van der Waals surface area contributed by atoms with Gasteiger partial charge in [0.15, 0.2) is 5.16 Å². The van der Waals surface area contributed by atoms with Gasteiger partial charge < -0.3 is 17.2 Å². The van der Waals surface area contributed by atoms with E-state index < -0.39 is 5.91 Å². The van der Waals surface area contributed by atoms with Crippen molar-refractivity contribution in [3.8, 4) is 0 Å². The molecule has 1 atom stereocenters. The van der Waals surface area contributed by atoms with Crippen LogP contribution in [0.15, 0.2) is 11.2 Å². The molecule has 15 heavy (non-hydrogen) atoms. The van der Waals surface area contributed by atoms with Crippen molar-refractivity contribution >= 4 is 29.3 Å². The number of hydrogen-bond donors (Lipinski definition) is 3. The Bertz CT molecular complexity index is 350. The van der Waals surface area contributed by atoms with Gasteiger partial charge in [-0.25, -0.2) is 9.97 Å². The van der Waals surface area contributed by atoms with Crippen molar-refractivity contribution in [3.05, 3.63) is 6.07 Å². The number of carbonyl (C=O) groups excluding carboxylic acids is 1. The lowest BCUT2D eigenvalue weighted by atomic mass is 10.3. The van der Waals surface area contributed by atoms with E-state index in [0.29, 0.717) is 11.6 Å². The lowest BCUT2D eigenvalue weighted by Gasteiger charge is -2.09. The van der Waals surface area contributed by atoms with Crippen molar-refractivity contribution in [2.45, 2.75) is 23.8 Å². The first kappa shape index (κ1) is 11.6. The molecule has 1 aromatic heterocycles. The number of amides is 1. The molecule has 0 radical (unpaired) electrons. The second-order valence-electron chi connectivity index (χ2n) is 2.92. The summed E-state index contributed by atoms with van der Waals surface area (Å²) < 4.78 is 0. The molecule has 6 nitrogen and oxygen atoms in total. The zero-order chi connectivity index (χ0) is 11.4. The maximum absolute atomic E-state index is 11.0. The van der Waals surface area contributed by atoms with Crippen molar-refractivity contribution in [2.24, 2.45) is 5.73 Å². The smallest absolute Gasteiger partial charge is 0.231 e. The summed E-state index contributed by atoms with van der Waals surface area (Å²) in [7, 11) is 0. The fraction of sp³-hybridized carbons (Fsp3) is 0.375. The van der Waals surface area contributed by atoms with Crippen molar-refractivity contribution < 1.29 is 4.79 Å². The number of aromatic nitrogens is 2. The van der Waals surface area contributed by atoms with Crippen LogP contribution in [0, 0.1) is 0 Å². The first-order valence-electron chi connectivity index (χ1n) is 4.39. The summed E-state index contributed by atoms with van der Waals surface area (Å²) in [6.45, 7) is 1.86. The van der Waals surface area contributed by atoms with E-state index in [4.69, 9.17) is 17.2 Å². The van der Waals surface area contributed by atoms with Crippen LogP contribution in [0.4, 0.5) is 11.6 Å². The molecule has 0 aliphatic heterocycles. The Morgan fingerprint density at radius 1 is 1.47 bits per heavy atom. The molecule has 6 N–H and O–H groups in total. The van der Waals surface area contributed by atoms with E-state index in [-0.39, 0.29) is 16.9 Å². The standard InChI is InChI=1S/C8H13N5OS/c1-2-4(7(11)14)15-8-12-5(9)3-6(10)13-8/h3-4H,2H2,1H3,(H2,11,14)(H4,9,10,12,13). The molecule has 82 valence electrons. The van der Waals surface area contributed by atoms with E-state index in [2.05, 4.69) is 9.97 Å². The average Bonchev–Trinajstić information content (AvgIpc) is 2.12. The topological polar surface area (TPSA) is 121 Å². The van der Waals surface area contributed by atoms with E-state index in [1.807, 2.05) is 6.92 Å².